The van der Waals surface area contributed by atoms with Crippen molar-refractivity contribution in [3.63, 3.8) is 0 Å². The Balaban J connectivity index is 2.59. The number of rotatable bonds is 10. The van der Waals surface area contributed by atoms with Gasteiger partial charge in [0.05, 0.1) is 13.7 Å². The molecule has 1 aromatic carbocycles. The van der Waals surface area contributed by atoms with Crippen LogP contribution in [0.2, 0.25) is 0 Å². The van der Waals surface area contributed by atoms with E-state index in [0.29, 0.717) is 12.4 Å². The number of aromatic carboxylic acids is 1. The molecular formula is C15H22O6. The highest BCUT2D eigenvalue weighted by molar-refractivity contribution is 5.92. The molecule has 0 aliphatic heterocycles. The van der Waals surface area contributed by atoms with Crippen molar-refractivity contribution in [1.82, 2.24) is 0 Å². The summed E-state index contributed by atoms with van der Waals surface area (Å²) in [5.74, 6) is -0.688. The molecule has 0 heterocycles. The third-order valence-corrected chi connectivity index (χ3v) is 2.80. The summed E-state index contributed by atoms with van der Waals surface area (Å²) in [6.45, 7) is 2.73. The Bertz CT molecular complexity index is 446. The van der Waals surface area contributed by atoms with Crippen LogP contribution < -0.4 is 9.47 Å². The van der Waals surface area contributed by atoms with Gasteiger partial charge in [-0.25, -0.2) is 4.79 Å². The van der Waals surface area contributed by atoms with Crippen molar-refractivity contribution >= 4 is 5.97 Å². The van der Waals surface area contributed by atoms with Gasteiger partial charge in [0.2, 0.25) is 0 Å². The van der Waals surface area contributed by atoms with Gasteiger partial charge < -0.3 is 24.4 Å². The van der Waals surface area contributed by atoms with Gasteiger partial charge in [-0.15, -0.1) is 0 Å². The second-order valence-electron chi connectivity index (χ2n) is 4.54. The minimum Gasteiger partial charge on any atom is -0.493 e. The van der Waals surface area contributed by atoms with E-state index in [4.69, 9.17) is 19.3 Å². The molecule has 118 valence electrons. The van der Waals surface area contributed by atoms with Crippen LogP contribution in [0, 0.1) is 0 Å². The van der Waals surface area contributed by atoms with Crippen molar-refractivity contribution in [2.24, 2.45) is 0 Å². The van der Waals surface area contributed by atoms with E-state index in [9.17, 15) is 9.90 Å². The SMILES string of the molecule is CCCCOCC(O)COc1c(OC)cccc1C(=O)O. The first kappa shape index (κ1) is 17.3. The number of carbonyl (C=O) groups is 1. The van der Waals surface area contributed by atoms with Gasteiger partial charge in [-0.2, -0.15) is 0 Å². The summed E-state index contributed by atoms with van der Waals surface area (Å²) in [7, 11) is 1.43. The van der Waals surface area contributed by atoms with E-state index < -0.39 is 12.1 Å². The monoisotopic (exact) mass is 298 g/mol. The average Bonchev–Trinajstić information content (AvgIpc) is 2.48. The maximum absolute atomic E-state index is 11.2. The van der Waals surface area contributed by atoms with Crippen molar-refractivity contribution in [3.8, 4) is 11.5 Å². The number of ether oxygens (including phenoxy) is 3. The average molecular weight is 298 g/mol. The first-order valence-corrected chi connectivity index (χ1v) is 6.89. The summed E-state index contributed by atoms with van der Waals surface area (Å²) in [4.78, 5) is 11.2. The van der Waals surface area contributed by atoms with E-state index in [2.05, 4.69) is 6.92 Å². The Morgan fingerprint density at radius 2 is 2.10 bits per heavy atom. The Labute approximate surface area is 124 Å². The van der Waals surface area contributed by atoms with Crippen molar-refractivity contribution in [2.75, 3.05) is 26.9 Å². The van der Waals surface area contributed by atoms with Crippen molar-refractivity contribution in [3.05, 3.63) is 23.8 Å². The number of unbranched alkanes of at least 4 members (excludes halogenated alkanes) is 1. The Morgan fingerprint density at radius 1 is 1.33 bits per heavy atom. The van der Waals surface area contributed by atoms with Gasteiger partial charge >= 0.3 is 5.97 Å². The van der Waals surface area contributed by atoms with Gasteiger partial charge in [0.1, 0.15) is 18.3 Å². The highest BCUT2D eigenvalue weighted by atomic mass is 16.5. The fraction of sp³-hybridized carbons (Fsp3) is 0.533. The number of aliphatic hydroxyl groups excluding tert-OH is 1. The predicted molar refractivity (Wildman–Crippen MR) is 77.2 cm³/mol. The zero-order valence-corrected chi connectivity index (χ0v) is 12.4. The molecular weight excluding hydrogens is 276 g/mol. The molecule has 0 amide bonds. The standard InChI is InChI=1S/C15H22O6/c1-3-4-8-20-9-11(16)10-21-14-12(15(17)18)6-5-7-13(14)19-2/h5-7,11,16H,3-4,8-10H2,1-2H3,(H,17,18). The molecule has 0 aromatic heterocycles. The Morgan fingerprint density at radius 3 is 2.71 bits per heavy atom. The van der Waals surface area contributed by atoms with Gasteiger partial charge in [0, 0.05) is 6.61 Å². The molecule has 6 nitrogen and oxygen atoms in total. The summed E-state index contributed by atoms with van der Waals surface area (Å²) in [5, 5.41) is 18.9. The van der Waals surface area contributed by atoms with Crippen molar-refractivity contribution in [1.29, 1.82) is 0 Å². The van der Waals surface area contributed by atoms with Crippen LogP contribution in [-0.4, -0.2) is 49.2 Å². The summed E-state index contributed by atoms with van der Waals surface area (Å²) < 4.78 is 15.8. The van der Waals surface area contributed by atoms with Crippen LogP contribution in [0.1, 0.15) is 30.1 Å². The minimum absolute atomic E-state index is 0.00606. The van der Waals surface area contributed by atoms with Gasteiger partial charge in [0.25, 0.3) is 0 Å². The lowest BCUT2D eigenvalue weighted by Crippen LogP contribution is -2.24. The van der Waals surface area contributed by atoms with E-state index in [1.807, 2.05) is 0 Å². The van der Waals surface area contributed by atoms with Crippen LogP contribution in [-0.2, 0) is 4.74 Å². The third-order valence-electron chi connectivity index (χ3n) is 2.80. The second-order valence-corrected chi connectivity index (χ2v) is 4.54. The molecule has 0 bridgehead atoms. The number of aliphatic hydroxyl groups is 1. The number of carboxylic acids is 1. The van der Waals surface area contributed by atoms with Gasteiger partial charge in [-0.1, -0.05) is 19.4 Å². The molecule has 2 N–H and O–H groups in total. The van der Waals surface area contributed by atoms with E-state index >= 15 is 0 Å². The zero-order valence-electron chi connectivity index (χ0n) is 12.4. The van der Waals surface area contributed by atoms with Gasteiger partial charge in [0.15, 0.2) is 11.5 Å². The molecule has 1 unspecified atom stereocenters. The molecule has 0 saturated carbocycles. The molecule has 0 radical (unpaired) electrons. The smallest absolute Gasteiger partial charge is 0.339 e. The maximum atomic E-state index is 11.2. The normalized spacial score (nSPS) is 12.0. The van der Waals surface area contributed by atoms with Crippen LogP contribution >= 0.6 is 0 Å². The van der Waals surface area contributed by atoms with Crippen LogP contribution in [0.15, 0.2) is 18.2 Å². The topological polar surface area (TPSA) is 85.2 Å². The van der Waals surface area contributed by atoms with Crippen LogP contribution in [0.3, 0.4) is 0 Å². The molecule has 1 atom stereocenters. The van der Waals surface area contributed by atoms with E-state index in [1.54, 1.807) is 12.1 Å². The number of para-hydroxylation sites is 1. The minimum atomic E-state index is -1.11. The summed E-state index contributed by atoms with van der Waals surface area (Å²) in [5.41, 5.74) is -0.00606. The third kappa shape index (κ3) is 5.61. The largest absolute Gasteiger partial charge is 0.493 e. The van der Waals surface area contributed by atoms with Crippen molar-refractivity contribution in [2.45, 2.75) is 25.9 Å². The summed E-state index contributed by atoms with van der Waals surface area (Å²) >= 11 is 0. The Kier molecular flexibility index (Phi) is 7.56. The molecule has 0 saturated heterocycles. The van der Waals surface area contributed by atoms with Crippen LogP contribution in [0.5, 0.6) is 11.5 Å². The van der Waals surface area contributed by atoms with Gasteiger partial charge in [-0.05, 0) is 18.6 Å². The molecule has 6 heteroatoms. The number of hydrogen-bond acceptors (Lipinski definition) is 5. The lowest BCUT2D eigenvalue weighted by atomic mass is 10.2. The molecule has 21 heavy (non-hydrogen) atoms. The summed E-state index contributed by atoms with van der Waals surface area (Å²) in [6.07, 6.45) is 1.13. The highest BCUT2D eigenvalue weighted by Crippen LogP contribution is 2.31. The molecule has 0 aliphatic carbocycles. The van der Waals surface area contributed by atoms with Crippen LogP contribution in [0.4, 0.5) is 0 Å². The van der Waals surface area contributed by atoms with E-state index in [0.717, 1.165) is 12.8 Å². The predicted octanol–water partition coefficient (Wildman–Crippen LogP) is 1.95. The maximum Gasteiger partial charge on any atom is 0.339 e. The van der Waals surface area contributed by atoms with Crippen molar-refractivity contribution < 1.29 is 29.2 Å². The lowest BCUT2D eigenvalue weighted by Gasteiger charge is -2.16. The second kappa shape index (κ2) is 9.20. The number of hydrogen-bond donors (Lipinski definition) is 2. The fourth-order valence-electron chi connectivity index (χ4n) is 1.69. The summed E-state index contributed by atoms with van der Waals surface area (Å²) in [6, 6.07) is 4.59. The first-order chi connectivity index (χ1) is 10.1. The first-order valence-electron chi connectivity index (χ1n) is 6.89. The van der Waals surface area contributed by atoms with Crippen LogP contribution in [0.25, 0.3) is 0 Å². The number of benzene rings is 1. The molecule has 1 rings (SSSR count). The quantitative estimate of drug-likeness (QED) is 0.642. The fourth-order valence-corrected chi connectivity index (χ4v) is 1.69. The Hall–Kier alpha value is -1.79. The molecule has 0 fully saturated rings. The number of carboxylic acid groups (broad SMARTS) is 1. The molecule has 0 spiro atoms. The van der Waals surface area contributed by atoms with E-state index in [-0.39, 0.29) is 24.5 Å². The zero-order chi connectivity index (χ0) is 15.7. The van der Waals surface area contributed by atoms with E-state index in [1.165, 1.54) is 13.2 Å². The highest BCUT2D eigenvalue weighted by Gasteiger charge is 2.17. The molecule has 1 aromatic rings. The number of methoxy groups -OCH3 is 1. The van der Waals surface area contributed by atoms with Gasteiger partial charge in [-0.3, -0.25) is 0 Å². The lowest BCUT2D eigenvalue weighted by molar-refractivity contribution is 0.0105. The molecule has 0 aliphatic rings.